The van der Waals surface area contributed by atoms with Crippen LogP contribution in [0.4, 0.5) is 0 Å². The molecule has 94 valence electrons. The monoisotopic (exact) mass is 257 g/mol. The first-order valence-corrected chi connectivity index (χ1v) is 6.07. The van der Waals surface area contributed by atoms with Gasteiger partial charge in [-0.25, -0.2) is 4.98 Å². The van der Waals surface area contributed by atoms with Gasteiger partial charge in [-0.05, 0) is 20.4 Å². The van der Waals surface area contributed by atoms with Gasteiger partial charge in [-0.3, -0.25) is 9.59 Å². The van der Waals surface area contributed by atoms with Crippen LogP contribution in [0.15, 0.2) is 22.2 Å². The number of rotatable bonds is 6. The van der Waals surface area contributed by atoms with Gasteiger partial charge < -0.3 is 15.4 Å². The van der Waals surface area contributed by atoms with E-state index in [-0.39, 0.29) is 5.56 Å². The third kappa shape index (κ3) is 3.86. The van der Waals surface area contributed by atoms with Gasteiger partial charge in [0.05, 0.1) is 0 Å². The molecule has 0 aliphatic carbocycles. The third-order valence-electron chi connectivity index (χ3n) is 2.51. The van der Waals surface area contributed by atoms with Crippen molar-refractivity contribution in [2.75, 3.05) is 12.8 Å². The molecule has 1 aromatic rings. The minimum Gasteiger partial charge on any atom is -0.480 e. The number of carboxylic acids is 1. The summed E-state index contributed by atoms with van der Waals surface area (Å²) in [5.74, 6) is -0.341. The molecule has 1 aromatic heterocycles. The highest BCUT2D eigenvalue weighted by Gasteiger charge is 2.30. The van der Waals surface area contributed by atoms with Gasteiger partial charge in [0.1, 0.15) is 5.54 Å². The summed E-state index contributed by atoms with van der Waals surface area (Å²) in [6.07, 6.45) is 1.86. The first-order chi connectivity index (χ1) is 7.98. The van der Waals surface area contributed by atoms with E-state index in [0.717, 1.165) is 0 Å². The van der Waals surface area contributed by atoms with Gasteiger partial charge in [0, 0.05) is 18.0 Å². The highest BCUT2D eigenvalue weighted by molar-refractivity contribution is 7.99. The van der Waals surface area contributed by atoms with Crippen LogP contribution >= 0.6 is 11.8 Å². The molecule has 1 unspecified atom stereocenters. The zero-order valence-corrected chi connectivity index (χ0v) is 10.5. The van der Waals surface area contributed by atoms with Gasteiger partial charge in [0.25, 0.3) is 5.56 Å². The maximum atomic E-state index is 11.0. The molecule has 7 heteroatoms. The summed E-state index contributed by atoms with van der Waals surface area (Å²) >= 11 is 1.32. The number of thioether (sulfide) groups is 1. The van der Waals surface area contributed by atoms with E-state index in [2.05, 4.69) is 15.3 Å². The number of aromatic nitrogens is 2. The molecule has 0 aliphatic heterocycles. The average Bonchev–Trinajstić information content (AvgIpc) is 2.28. The molecule has 1 heterocycles. The van der Waals surface area contributed by atoms with E-state index >= 15 is 0 Å². The molecule has 17 heavy (non-hydrogen) atoms. The Kier molecular flexibility index (Phi) is 4.71. The van der Waals surface area contributed by atoms with Crippen LogP contribution in [0.1, 0.15) is 13.3 Å². The fourth-order valence-corrected chi connectivity index (χ4v) is 2.13. The molecular weight excluding hydrogens is 242 g/mol. The van der Waals surface area contributed by atoms with E-state index in [1.165, 1.54) is 24.0 Å². The van der Waals surface area contributed by atoms with Crippen LogP contribution in [-0.4, -0.2) is 39.4 Å². The van der Waals surface area contributed by atoms with Crippen LogP contribution in [0.2, 0.25) is 0 Å². The lowest BCUT2D eigenvalue weighted by Crippen LogP contribution is -2.47. The Balaban J connectivity index is 2.53. The molecular formula is C10H15N3O3S. The molecule has 0 saturated carbocycles. The fraction of sp³-hybridized carbons (Fsp3) is 0.500. The number of likely N-dealkylation sites (N-methyl/N-ethyl adjacent to an activating group) is 1. The Bertz CT molecular complexity index is 448. The topological polar surface area (TPSA) is 95.1 Å². The van der Waals surface area contributed by atoms with Crippen molar-refractivity contribution < 1.29 is 9.90 Å². The molecule has 0 fully saturated rings. The van der Waals surface area contributed by atoms with Crippen molar-refractivity contribution in [2.24, 2.45) is 0 Å². The maximum absolute atomic E-state index is 11.0. The molecule has 0 radical (unpaired) electrons. The molecule has 3 N–H and O–H groups in total. The Hall–Kier alpha value is -1.34. The Morgan fingerprint density at radius 1 is 1.71 bits per heavy atom. The van der Waals surface area contributed by atoms with Gasteiger partial charge in [-0.15, -0.1) is 0 Å². The fourth-order valence-electron chi connectivity index (χ4n) is 1.12. The van der Waals surface area contributed by atoms with Crippen LogP contribution in [0.25, 0.3) is 0 Å². The van der Waals surface area contributed by atoms with Crippen molar-refractivity contribution in [1.82, 2.24) is 15.3 Å². The highest BCUT2D eigenvalue weighted by atomic mass is 32.2. The summed E-state index contributed by atoms with van der Waals surface area (Å²) in [7, 11) is 1.61. The van der Waals surface area contributed by atoms with Crippen LogP contribution in [0.5, 0.6) is 0 Å². The number of hydrogen-bond acceptors (Lipinski definition) is 5. The molecule has 0 aromatic carbocycles. The lowest BCUT2D eigenvalue weighted by atomic mass is 10.00. The second-order valence-corrected chi connectivity index (χ2v) is 4.81. The van der Waals surface area contributed by atoms with Crippen LogP contribution in [-0.2, 0) is 4.79 Å². The minimum absolute atomic E-state index is 0.211. The van der Waals surface area contributed by atoms with Crippen molar-refractivity contribution >= 4 is 17.7 Å². The number of aromatic amines is 1. The van der Waals surface area contributed by atoms with E-state index in [4.69, 9.17) is 5.11 Å². The van der Waals surface area contributed by atoms with Gasteiger partial charge in [0.2, 0.25) is 0 Å². The summed E-state index contributed by atoms with van der Waals surface area (Å²) in [6.45, 7) is 1.62. The second-order valence-electron chi connectivity index (χ2n) is 3.72. The number of H-pyrrole nitrogens is 1. The van der Waals surface area contributed by atoms with Crippen molar-refractivity contribution in [3.8, 4) is 0 Å². The predicted molar refractivity (Wildman–Crippen MR) is 65.3 cm³/mol. The smallest absolute Gasteiger partial charge is 0.323 e. The third-order valence-corrected chi connectivity index (χ3v) is 3.40. The molecule has 0 spiro atoms. The Morgan fingerprint density at radius 3 is 2.94 bits per heavy atom. The van der Waals surface area contributed by atoms with Gasteiger partial charge in [-0.2, -0.15) is 0 Å². The summed E-state index contributed by atoms with van der Waals surface area (Å²) in [5.41, 5.74) is -1.17. The first-order valence-electron chi connectivity index (χ1n) is 5.08. The average molecular weight is 257 g/mol. The van der Waals surface area contributed by atoms with Crippen LogP contribution in [0, 0.1) is 0 Å². The lowest BCUT2D eigenvalue weighted by Gasteiger charge is -2.23. The number of aliphatic carboxylic acids is 1. The SMILES string of the molecule is CNC(C)(CCSc1nccc(=O)[nH]1)C(=O)O. The molecule has 0 aliphatic rings. The van der Waals surface area contributed by atoms with E-state index in [1.54, 1.807) is 14.0 Å². The van der Waals surface area contributed by atoms with E-state index in [1.807, 2.05) is 0 Å². The quantitative estimate of drug-likeness (QED) is 0.501. The largest absolute Gasteiger partial charge is 0.480 e. The predicted octanol–water partition coefficient (Wildman–Crippen LogP) is 0.315. The molecule has 1 atom stereocenters. The molecule has 6 nitrogen and oxygen atoms in total. The Labute approximate surface area is 103 Å². The van der Waals surface area contributed by atoms with Gasteiger partial charge in [-0.1, -0.05) is 11.8 Å². The van der Waals surface area contributed by atoms with Crippen molar-refractivity contribution in [1.29, 1.82) is 0 Å². The van der Waals surface area contributed by atoms with Gasteiger partial charge in [0.15, 0.2) is 5.16 Å². The van der Waals surface area contributed by atoms with E-state index < -0.39 is 11.5 Å². The Morgan fingerprint density at radius 2 is 2.41 bits per heavy atom. The molecule has 0 amide bonds. The molecule has 1 rings (SSSR count). The summed E-state index contributed by atoms with van der Waals surface area (Å²) in [6, 6.07) is 1.33. The number of hydrogen-bond donors (Lipinski definition) is 3. The van der Waals surface area contributed by atoms with Crippen LogP contribution < -0.4 is 10.9 Å². The van der Waals surface area contributed by atoms with E-state index in [0.29, 0.717) is 17.3 Å². The molecule has 0 saturated heterocycles. The van der Waals surface area contributed by atoms with Crippen molar-refractivity contribution in [3.63, 3.8) is 0 Å². The van der Waals surface area contributed by atoms with Crippen molar-refractivity contribution in [3.05, 3.63) is 22.6 Å². The highest BCUT2D eigenvalue weighted by Crippen LogP contribution is 2.17. The lowest BCUT2D eigenvalue weighted by molar-refractivity contribution is -0.144. The number of carboxylic acid groups (broad SMARTS) is 1. The summed E-state index contributed by atoms with van der Waals surface area (Å²) in [5, 5.41) is 12.3. The van der Waals surface area contributed by atoms with Gasteiger partial charge >= 0.3 is 5.97 Å². The first kappa shape index (κ1) is 13.7. The van der Waals surface area contributed by atoms with E-state index in [9.17, 15) is 9.59 Å². The molecule has 0 bridgehead atoms. The standard InChI is InChI=1S/C10H15N3O3S/c1-10(11-2,8(15)16)4-6-17-9-12-5-3-7(14)13-9/h3,5,11H,4,6H2,1-2H3,(H,15,16)(H,12,13,14). The number of nitrogens with zero attached hydrogens (tertiary/aromatic N) is 1. The minimum atomic E-state index is -0.956. The number of carbonyl (C=O) groups is 1. The second kappa shape index (κ2) is 5.83. The van der Waals surface area contributed by atoms with Crippen LogP contribution in [0.3, 0.4) is 0 Å². The summed E-state index contributed by atoms with van der Waals surface area (Å²) < 4.78 is 0. The zero-order valence-electron chi connectivity index (χ0n) is 9.69. The normalized spacial score (nSPS) is 14.2. The summed E-state index contributed by atoms with van der Waals surface area (Å²) in [4.78, 5) is 28.5. The number of nitrogens with one attached hydrogen (secondary N) is 2. The zero-order chi connectivity index (χ0) is 12.9. The van der Waals surface area contributed by atoms with Crippen molar-refractivity contribution in [2.45, 2.75) is 24.0 Å². The maximum Gasteiger partial charge on any atom is 0.323 e.